The van der Waals surface area contributed by atoms with E-state index < -0.39 is 6.04 Å². The Morgan fingerprint density at radius 3 is 2.39 bits per heavy atom. The number of anilines is 1. The van der Waals surface area contributed by atoms with E-state index in [4.69, 9.17) is 0 Å². The van der Waals surface area contributed by atoms with Crippen LogP contribution in [0.15, 0.2) is 73.5 Å². The minimum atomic E-state index is -0.440. The highest BCUT2D eigenvalue weighted by Crippen LogP contribution is 2.32. The first kappa shape index (κ1) is 16.6. The molecule has 1 aliphatic heterocycles. The molecule has 0 radical (unpaired) electrons. The minimum Gasteiger partial charge on any atom is -0.377 e. The molecular formula is C20H22N2O. The van der Waals surface area contributed by atoms with Crippen LogP contribution in [0.1, 0.15) is 25.0 Å². The van der Waals surface area contributed by atoms with E-state index in [1.165, 1.54) is 0 Å². The monoisotopic (exact) mass is 306 g/mol. The maximum absolute atomic E-state index is 12.3. The van der Waals surface area contributed by atoms with Gasteiger partial charge < -0.3 is 10.6 Å². The number of carbonyl (C=O) groups is 1. The molecule has 1 aliphatic rings. The quantitative estimate of drug-likeness (QED) is 0.892. The fraction of sp³-hybridized carbons (Fsp3) is 0.150. The number of para-hydroxylation sites is 1. The van der Waals surface area contributed by atoms with Crippen molar-refractivity contribution >= 4 is 17.2 Å². The molecule has 0 aliphatic carbocycles. The zero-order valence-corrected chi connectivity index (χ0v) is 13.5. The Morgan fingerprint density at radius 1 is 1.04 bits per heavy atom. The number of carbonyl (C=O) groups excluding carboxylic acids is 1. The van der Waals surface area contributed by atoms with Gasteiger partial charge in [-0.3, -0.25) is 4.79 Å². The molecule has 2 N–H and O–H groups in total. The highest BCUT2D eigenvalue weighted by atomic mass is 16.2. The molecule has 23 heavy (non-hydrogen) atoms. The normalized spacial score (nSPS) is 15.8. The molecule has 2 aromatic carbocycles. The van der Waals surface area contributed by atoms with E-state index in [0.717, 1.165) is 22.4 Å². The zero-order valence-electron chi connectivity index (χ0n) is 13.5. The number of benzene rings is 2. The van der Waals surface area contributed by atoms with Gasteiger partial charge in [0.15, 0.2) is 0 Å². The third kappa shape index (κ3) is 3.69. The van der Waals surface area contributed by atoms with Crippen molar-refractivity contribution < 1.29 is 4.79 Å². The van der Waals surface area contributed by atoms with E-state index in [1.807, 2.05) is 74.5 Å². The molecule has 0 fully saturated rings. The van der Waals surface area contributed by atoms with Crippen LogP contribution in [0.4, 0.5) is 5.69 Å². The zero-order chi connectivity index (χ0) is 16.7. The van der Waals surface area contributed by atoms with E-state index in [0.29, 0.717) is 0 Å². The second-order valence-corrected chi connectivity index (χ2v) is 4.83. The molecule has 1 unspecified atom stereocenters. The predicted molar refractivity (Wildman–Crippen MR) is 97.1 cm³/mol. The van der Waals surface area contributed by atoms with Crippen LogP contribution in [0.25, 0.3) is 5.57 Å². The van der Waals surface area contributed by atoms with Crippen LogP contribution in [-0.4, -0.2) is 11.9 Å². The lowest BCUT2D eigenvalue weighted by atomic mass is 9.96. The van der Waals surface area contributed by atoms with Crippen LogP contribution >= 0.6 is 0 Å². The first-order valence-electron chi connectivity index (χ1n) is 7.84. The van der Waals surface area contributed by atoms with Crippen molar-refractivity contribution in [1.29, 1.82) is 0 Å². The first-order chi connectivity index (χ1) is 11.3. The molecule has 1 heterocycles. The molecule has 1 atom stereocenters. The third-order valence-electron chi connectivity index (χ3n) is 3.47. The van der Waals surface area contributed by atoms with E-state index >= 15 is 0 Å². The highest BCUT2D eigenvalue weighted by Gasteiger charge is 2.22. The fourth-order valence-electron chi connectivity index (χ4n) is 2.49. The Kier molecular flexibility index (Phi) is 5.75. The number of rotatable bonds is 3. The standard InChI is InChI=1S/C18H16N2O.C2H6/c1-2-19-17-12-15(13-8-4-3-5-9-13)14-10-6-7-11-16(14)20-18(17)21;1-2/h2-12,17,19H,1H2,(H,20,21);1-2H3. The van der Waals surface area contributed by atoms with E-state index in [-0.39, 0.29) is 5.91 Å². The Morgan fingerprint density at radius 2 is 1.70 bits per heavy atom. The lowest BCUT2D eigenvalue weighted by Crippen LogP contribution is -2.35. The molecule has 3 heteroatoms. The van der Waals surface area contributed by atoms with Crippen LogP contribution in [0.2, 0.25) is 0 Å². The van der Waals surface area contributed by atoms with Gasteiger partial charge in [-0.05, 0) is 29.5 Å². The van der Waals surface area contributed by atoms with Crippen molar-refractivity contribution in [3.8, 4) is 0 Å². The number of hydrogen-bond acceptors (Lipinski definition) is 2. The fourth-order valence-corrected chi connectivity index (χ4v) is 2.49. The van der Waals surface area contributed by atoms with Crippen LogP contribution in [0.3, 0.4) is 0 Å². The Labute approximate surface area is 137 Å². The first-order valence-corrected chi connectivity index (χ1v) is 7.84. The van der Waals surface area contributed by atoms with E-state index in [1.54, 1.807) is 6.20 Å². The maximum Gasteiger partial charge on any atom is 0.250 e. The van der Waals surface area contributed by atoms with Crippen LogP contribution in [0.5, 0.6) is 0 Å². The van der Waals surface area contributed by atoms with Gasteiger partial charge in [0, 0.05) is 11.3 Å². The summed E-state index contributed by atoms with van der Waals surface area (Å²) >= 11 is 0. The van der Waals surface area contributed by atoms with Gasteiger partial charge in [0.25, 0.3) is 5.91 Å². The number of nitrogens with one attached hydrogen (secondary N) is 2. The maximum atomic E-state index is 12.3. The lowest BCUT2D eigenvalue weighted by molar-refractivity contribution is -0.116. The van der Waals surface area contributed by atoms with Gasteiger partial charge >= 0.3 is 0 Å². The molecule has 2 aromatic rings. The van der Waals surface area contributed by atoms with Crippen molar-refractivity contribution in [3.63, 3.8) is 0 Å². The SMILES string of the molecule is C=CNC1C=C(c2ccccc2)c2ccccc2NC1=O.CC. The van der Waals surface area contributed by atoms with Gasteiger partial charge in [0.05, 0.1) is 0 Å². The molecule has 3 rings (SSSR count). The summed E-state index contributed by atoms with van der Waals surface area (Å²) in [6, 6.07) is 17.5. The van der Waals surface area contributed by atoms with Gasteiger partial charge in [-0.15, -0.1) is 0 Å². The Bertz CT molecular complexity index is 705. The molecular weight excluding hydrogens is 284 g/mol. The summed E-state index contributed by atoms with van der Waals surface area (Å²) in [6.07, 6.45) is 3.48. The molecule has 1 amide bonds. The summed E-state index contributed by atoms with van der Waals surface area (Å²) < 4.78 is 0. The molecule has 118 valence electrons. The Hall–Kier alpha value is -2.81. The van der Waals surface area contributed by atoms with Gasteiger partial charge in [-0.1, -0.05) is 69.0 Å². The smallest absolute Gasteiger partial charge is 0.250 e. The van der Waals surface area contributed by atoms with Crippen molar-refractivity contribution in [2.24, 2.45) is 0 Å². The van der Waals surface area contributed by atoms with Crippen molar-refractivity contribution in [2.75, 3.05) is 5.32 Å². The van der Waals surface area contributed by atoms with Crippen LogP contribution in [0, 0.1) is 0 Å². The second kappa shape index (κ2) is 7.99. The molecule has 0 saturated carbocycles. The van der Waals surface area contributed by atoms with Crippen molar-refractivity contribution in [2.45, 2.75) is 19.9 Å². The molecule has 0 spiro atoms. The topological polar surface area (TPSA) is 41.1 Å². The van der Waals surface area contributed by atoms with Crippen molar-refractivity contribution in [1.82, 2.24) is 5.32 Å². The highest BCUT2D eigenvalue weighted by molar-refractivity contribution is 6.04. The summed E-state index contributed by atoms with van der Waals surface area (Å²) in [5.41, 5.74) is 3.96. The van der Waals surface area contributed by atoms with Crippen LogP contribution < -0.4 is 10.6 Å². The van der Waals surface area contributed by atoms with E-state index in [9.17, 15) is 4.79 Å². The summed E-state index contributed by atoms with van der Waals surface area (Å²) in [4.78, 5) is 12.3. The number of hydrogen-bond donors (Lipinski definition) is 2. The summed E-state index contributed by atoms with van der Waals surface area (Å²) in [5.74, 6) is -0.0896. The average molecular weight is 306 g/mol. The average Bonchev–Trinajstić information content (AvgIpc) is 2.75. The largest absolute Gasteiger partial charge is 0.377 e. The summed E-state index contributed by atoms with van der Waals surface area (Å²) in [5, 5.41) is 5.94. The summed E-state index contributed by atoms with van der Waals surface area (Å²) in [6.45, 7) is 7.65. The van der Waals surface area contributed by atoms with Gasteiger partial charge in [0.1, 0.15) is 6.04 Å². The Balaban J connectivity index is 0.000000924. The van der Waals surface area contributed by atoms with E-state index in [2.05, 4.69) is 17.2 Å². The number of fused-ring (bicyclic) bond motifs is 1. The minimum absolute atomic E-state index is 0.0896. The van der Waals surface area contributed by atoms with Gasteiger partial charge in [-0.25, -0.2) is 0 Å². The lowest BCUT2D eigenvalue weighted by Gasteiger charge is -2.11. The molecule has 0 aromatic heterocycles. The van der Waals surface area contributed by atoms with Gasteiger partial charge in [-0.2, -0.15) is 0 Å². The molecule has 0 bridgehead atoms. The summed E-state index contributed by atoms with van der Waals surface area (Å²) in [7, 11) is 0. The van der Waals surface area contributed by atoms with Gasteiger partial charge in [0.2, 0.25) is 0 Å². The van der Waals surface area contributed by atoms with Crippen molar-refractivity contribution in [3.05, 3.63) is 84.6 Å². The molecule has 3 nitrogen and oxygen atoms in total. The number of amides is 1. The predicted octanol–water partition coefficient (Wildman–Crippen LogP) is 4.20. The molecule has 0 saturated heterocycles. The second-order valence-electron chi connectivity index (χ2n) is 4.83. The van der Waals surface area contributed by atoms with Crippen LogP contribution in [-0.2, 0) is 4.79 Å². The third-order valence-corrected chi connectivity index (χ3v) is 3.47.